The van der Waals surface area contributed by atoms with Crippen molar-refractivity contribution < 1.29 is 9.53 Å². The van der Waals surface area contributed by atoms with Crippen molar-refractivity contribution in [1.82, 2.24) is 14.7 Å². The lowest BCUT2D eigenvalue weighted by atomic mass is 10.2. The summed E-state index contributed by atoms with van der Waals surface area (Å²) in [5, 5.41) is 4.56. The van der Waals surface area contributed by atoms with Crippen LogP contribution >= 0.6 is 0 Å². The van der Waals surface area contributed by atoms with Crippen LogP contribution < -0.4 is 4.74 Å². The zero-order valence-corrected chi connectivity index (χ0v) is 14.5. The van der Waals surface area contributed by atoms with Gasteiger partial charge in [-0.3, -0.25) is 9.48 Å². The lowest BCUT2D eigenvalue weighted by Crippen LogP contribution is -2.30. The van der Waals surface area contributed by atoms with Crippen LogP contribution in [0.25, 0.3) is 0 Å². The van der Waals surface area contributed by atoms with Gasteiger partial charge < -0.3 is 9.64 Å². The van der Waals surface area contributed by atoms with Crippen molar-refractivity contribution >= 4 is 5.91 Å². The number of amides is 1. The number of ether oxygens (including phenoxy) is 1. The molecule has 0 spiro atoms. The summed E-state index contributed by atoms with van der Waals surface area (Å²) in [6.07, 6.45) is 0.895. The van der Waals surface area contributed by atoms with E-state index in [1.165, 1.54) is 0 Å². The van der Waals surface area contributed by atoms with Crippen molar-refractivity contribution in [2.75, 3.05) is 6.54 Å². The van der Waals surface area contributed by atoms with E-state index in [9.17, 15) is 4.79 Å². The first kappa shape index (κ1) is 16.4. The van der Waals surface area contributed by atoms with Crippen molar-refractivity contribution in [1.29, 1.82) is 0 Å². The number of carbonyl (C=O) groups excluding carboxylic acids is 1. The molecule has 1 aliphatic heterocycles. The van der Waals surface area contributed by atoms with Gasteiger partial charge in [-0.15, -0.1) is 0 Å². The highest BCUT2D eigenvalue weighted by atomic mass is 16.5. The van der Waals surface area contributed by atoms with Crippen molar-refractivity contribution in [3.05, 3.63) is 83.7 Å². The monoisotopic (exact) mass is 347 g/mol. The van der Waals surface area contributed by atoms with Gasteiger partial charge in [0.1, 0.15) is 23.7 Å². The molecule has 5 heteroatoms. The molecule has 0 aliphatic carbocycles. The summed E-state index contributed by atoms with van der Waals surface area (Å²) in [7, 11) is 0. The second kappa shape index (κ2) is 7.44. The van der Waals surface area contributed by atoms with E-state index < -0.39 is 0 Å². The predicted molar refractivity (Wildman–Crippen MR) is 98.8 cm³/mol. The molecule has 26 heavy (non-hydrogen) atoms. The van der Waals surface area contributed by atoms with Gasteiger partial charge in [0.05, 0.1) is 0 Å². The van der Waals surface area contributed by atoms with Gasteiger partial charge in [0.25, 0.3) is 5.91 Å². The fraction of sp³-hybridized carbons (Fsp3) is 0.238. The minimum Gasteiger partial charge on any atom is -0.487 e. The summed E-state index contributed by atoms with van der Waals surface area (Å²) in [5.41, 5.74) is 2.56. The highest BCUT2D eigenvalue weighted by Gasteiger charge is 2.24. The minimum atomic E-state index is 0.0322. The third-order valence-electron chi connectivity index (χ3n) is 4.48. The summed E-state index contributed by atoms with van der Waals surface area (Å²) < 4.78 is 7.57. The van der Waals surface area contributed by atoms with E-state index in [1.807, 2.05) is 64.2 Å². The van der Waals surface area contributed by atoms with Crippen LogP contribution in [0.3, 0.4) is 0 Å². The Balaban J connectivity index is 1.48. The number of hydrogen-bond acceptors (Lipinski definition) is 3. The molecule has 132 valence electrons. The van der Waals surface area contributed by atoms with E-state index in [2.05, 4.69) is 17.2 Å². The Morgan fingerprint density at radius 1 is 0.962 bits per heavy atom. The zero-order chi connectivity index (χ0) is 17.8. The fourth-order valence-corrected chi connectivity index (χ4v) is 3.19. The van der Waals surface area contributed by atoms with Gasteiger partial charge in [-0.1, -0.05) is 48.5 Å². The second-order valence-corrected chi connectivity index (χ2v) is 6.41. The van der Waals surface area contributed by atoms with Gasteiger partial charge in [0, 0.05) is 19.6 Å². The van der Waals surface area contributed by atoms with Crippen LogP contribution in [0.4, 0.5) is 0 Å². The second-order valence-electron chi connectivity index (χ2n) is 6.41. The van der Waals surface area contributed by atoms with Crippen LogP contribution in [0.15, 0.2) is 66.7 Å². The van der Waals surface area contributed by atoms with Crippen LogP contribution in [0.1, 0.15) is 28.2 Å². The molecule has 0 N–H and O–H groups in total. The van der Waals surface area contributed by atoms with Gasteiger partial charge in [0.15, 0.2) is 0 Å². The molecule has 2 aromatic carbocycles. The molecule has 0 unspecified atom stereocenters. The Labute approximate surface area is 152 Å². The summed E-state index contributed by atoms with van der Waals surface area (Å²) >= 11 is 0. The molecule has 1 aliphatic rings. The van der Waals surface area contributed by atoms with Gasteiger partial charge >= 0.3 is 0 Å². The first-order chi connectivity index (χ1) is 12.8. The average molecular weight is 347 g/mol. The average Bonchev–Trinajstić information content (AvgIpc) is 3.04. The molecule has 0 atom stereocenters. The smallest absolute Gasteiger partial charge is 0.272 e. The van der Waals surface area contributed by atoms with Crippen molar-refractivity contribution in [3.8, 4) is 5.75 Å². The predicted octanol–water partition coefficient (Wildman–Crippen LogP) is 3.51. The molecule has 0 saturated heterocycles. The quantitative estimate of drug-likeness (QED) is 0.710. The van der Waals surface area contributed by atoms with E-state index in [0.717, 1.165) is 36.5 Å². The number of rotatable bonds is 5. The van der Waals surface area contributed by atoms with Crippen molar-refractivity contribution in [3.63, 3.8) is 0 Å². The van der Waals surface area contributed by atoms with Crippen molar-refractivity contribution in [2.45, 2.75) is 26.1 Å². The first-order valence-corrected chi connectivity index (χ1v) is 8.87. The molecule has 0 radical (unpaired) electrons. The summed E-state index contributed by atoms with van der Waals surface area (Å²) in [4.78, 5) is 14.9. The Bertz CT molecular complexity index is 875. The van der Waals surface area contributed by atoms with E-state index in [4.69, 9.17) is 4.74 Å². The van der Waals surface area contributed by atoms with Crippen LogP contribution in [-0.4, -0.2) is 27.1 Å². The maximum absolute atomic E-state index is 13.0. The van der Waals surface area contributed by atoms with Gasteiger partial charge in [-0.05, 0) is 30.2 Å². The van der Waals surface area contributed by atoms with Gasteiger partial charge in [-0.25, -0.2) is 0 Å². The standard InChI is InChI=1S/C21H21N3O2/c25-21-20-14-18(16-26-19-10-5-2-6-11-19)22-24(20)13-7-12-23(21)15-17-8-3-1-4-9-17/h1-6,8-11,14H,7,12-13,15-16H2. The molecule has 0 bridgehead atoms. The van der Waals surface area contributed by atoms with Gasteiger partial charge in [-0.2, -0.15) is 5.10 Å². The first-order valence-electron chi connectivity index (χ1n) is 8.87. The fourth-order valence-electron chi connectivity index (χ4n) is 3.19. The molecule has 3 aromatic rings. The molecule has 1 aromatic heterocycles. The number of aryl methyl sites for hydroxylation is 1. The largest absolute Gasteiger partial charge is 0.487 e. The summed E-state index contributed by atoms with van der Waals surface area (Å²) in [6.45, 7) is 2.47. The Morgan fingerprint density at radius 3 is 2.46 bits per heavy atom. The maximum atomic E-state index is 13.0. The Hall–Kier alpha value is -3.08. The molecule has 4 rings (SSSR count). The Kier molecular flexibility index (Phi) is 4.69. The normalized spacial score (nSPS) is 14.0. The van der Waals surface area contributed by atoms with E-state index >= 15 is 0 Å². The number of para-hydroxylation sites is 1. The Morgan fingerprint density at radius 2 is 1.69 bits per heavy atom. The highest BCUT2D eigenvalue weighted by Crippen LogP contribution is 2.18. The number of hydrogen-bond donors (Lipinski definition) is 0. The number of aromatic nitrogens is 2. The van der Waals surface area contributed by atoms with Crippen LogP contribution in [0.5, 0.6) is 5.75 Å². The number of benzene rings is 2. The van der Waals surface area contributed by atoms with Crippen LogP contribution in [0.2, 0.25) is 0 Å². The SMILES string of the molecule is O=C1c2cc(COc3ccccc3)nn2CCCN1Cc1ccccc1. The lowest BCUT2D eigenvalue weighted by molar-refractivity contribution is 0.0745. The maximum Gasteiger partial charge on any atom is 0.272 e. The van der Waals surface area contributed by atoms with E-state index in [0.29, 0.717) is 18.8 Å². The third kappa shape index (κ3) is 3.61. The number of carbonyl (C=O) groups is 1. The molecule has 2 heterocycles. The zero-order valence-electron chi connectivity index (χ0n) is 14.5. The molecule has 5 nitrogen and oxygen atoms in total. The van der Waals surface area contributed by atoms with Crippen LogP contribution in [0, 0.1) is 0 Å². The number of fused-ring (bicyclic) bond motifs is 1. The van der Waals surface area contributed by atoms with E-state index in [-0.39, 0.29) is 5.91 Å². The van der Waals surface area contributed by atoms with E-state index in [1.54, 1.807) is 0 Å². The topological polar surface area (TPSA) is 47.4 Å². The summed E-state index contributed by atoms with van der Waals surface area (Å²) in [5.74, 6) is 0.831. The summed E-state index contributed by atoms with van der Waals surface area (Å²) in [6, 6.07) is 21.6. The molecule has 0 saturated carbocycles. The molecular formula is C21H21N3O2. The van der Waals surface area contributed by atoms with Crippen molar-refractivity contribution in [2.24, 2.45) is 0 Å². The molecular weight excluding hydrogens is 326 g/mol. The third-order valence-corrected chi connectivity index (χ3v) is 4.48. The number of nitrogens with zero attached hydrogens (tertiary/aromatic N) is 3. The van der Waals surface area contributed by atoms with Crippen LogP contribution in [-0.2, 0) is 19.7 Å². The highest BCUT2D eigenvalue weighted by molar-refractivity contribution is 5.93. The van der Waals surface area contributed by atoms with Gasteiger partial charge in [0.2, 0.25) is 0 Å². The lowest BCUT2D eigenvalue weighted by Gasteiger charge is -2.20. The molecule has 0 fully saturated rings. The minimum absolute atomic E-state index is 0.0322. The molecule has 1 amide bonds.